The van der Waals surface area contributed by atoms with Crippen molar-refractivity contribution in [3.63, 3.8) is 0 Å². The van der Waals surface area contributed by atoms with Crippen LogP contribution in [0.4, 0.5) is 5.82 Å². The number of likely N-dealkylation sites (N-methyl/N-ethyl adjacent to an activating group) is 1. The molecule has 0 aromatic carbocycles. The first-order chi connectivity index (χ1) is 11.2. The molecule has 1 fully saturated rings. The van der Waals surface area contributed by atoms with Gasteiger partial charge >= 0.3 is 0 Å². The fraction of sp³-hybridized carbons (Fsp3) is 0.500. The molecule has 0 unspecified atom stereocenters. The number of rotatable bonds is 3. The largest absolute Gasteiger partial charge is 0.364 e. The van der Waals surface area contributed by atoms with Gasteiger partial charge in [-0.25, -0.2) is 15.0 Å². The third-order valence-corrected chi connectivity index (χ3v) is 4.72. The molecule has 7 nitrogen and oxygen atoms in total. The molecule has 2 aliphatic rings. The van der Waals surface area contributed by atoms with E-state index in [1.165, 1.54) is 5.57 Å². The van der Waals surface area contributed by atoms with Crippen molar-refractivity contribution in [2.45, 2.75) is 18.9 Å². The zero-order valence-electron chi connectivity index (χ0n) is 13.7. The van der Waals surface area contributed by atoms with E-state index in [2.05, 4.69) is 55.3 Å². The van der Waals surface area contributed by atoms with Crippen LogP contribution in [-0.2, 0) is 0 Å². The molecule has 0 radical (unpaired) electrons. The van der Waals surface area contributed by atoms with Gasteiger partial charge in [-0.1, -0.05) is 0 Å². The number of imidazole rings is 1. The van der Waals surface area contributed by atoms with Crippen LogP contribution in [0.3, 0.4) is 0 Å². The second-order valence-electron chi connectivity index (χ2n) is 6.33. The minimum Gasteiger partial charge on any atom is -0.364 e. The van der Waals surface area contributed by atoms with Crippen LogP contribution in [0.5, 0.6) is 0 Å². The molecule has 0 saturated carbocycles. The van der Waals surface area contributed by atoms with Gasteiger partial charge in [-0.05, 0) is 25.9 Å². The highest BCUT2D eigenvalue weighted by molar-refractivity contribution is 5.72. The molecule has 0 atom stereocenters. The van der Waals surface area contributed by atoms with Gasteiger partial charge in [0.05, 0.1) is 11.9 Å². The van der Waals surface area contributed by atoms with Gasteiger partial charge in [0.2, 0.25) is 0 Å². The molecular formula is C16H23N7. The van der Waals surface area contributed by atoms with Crippen molar-refractivity contribution in [2.24, 2.45) is 0 Å². The third-order valence-electron chi connectivity index (χ3n) is 4.72. The maximum absolute atomic E-state index is 4.62. The number of aromatic nitrogens is 3. The van der Waals surface area contributed by atoms with Gasteiger partial charge < -0.3 is 15.6 Å². The summed E-state index contributed by atoms with van der Waals surface area (Å²) in [4.78, 5) is 9.14. The summed E-state index contributed by atoms with van der Waals surface area (Å²) in [5.74, 6) is 0.881. The van der Waals surface area contributed by atoms with Crippen LogP contribution in [0.2, 0.25) is 0 Å². The maximum Gasteiger partial charge on any atom is 0.180 e. The Morgan fingerprint density at radius 2 is 2.04 bits per heavy atom. The summed E-state index contributed by atoms with van der Waals surface area (Å²) in [7, 11) is 4.14. The molecule has 2 aromatic heterocycles. The lowest BCUT2D eigenvalue weighted by Crippen LogP contribution is -2.35. The zero-order valence-corrected chi connectivity index (χ0v) is 13.7. The molecule has 2 aromatic rings. The SMILES string of the molecule is CN1C=C(c2cnc3c(NC4CCNCC4)nccn23)CN1C. The van der Waals surface area contributed by atoms with Crippen LogP contribution in [0.1, 0.15) is 18.5 Å². The van der Waals surface area contributed by atoms with Crippen LogP contribution in [0.15, 0.2) is 24.8 Å². The average Bonchev–Trinajstić information content (AvgIpc) is 3.13. The predicted octanol–water partition coefficient (Wildman–Crippen LogP) is 1.03. The minimum atomic E-state index is 0.470. The summed E-state index contributed by atoms with van der Waals surface area (Å²) in [5, 5.41) is 11.2. The normalized spacial score (nSPS) is 20.3. The fourth-order valence-corrected chi connectivity index (χ4v) is 3.29. The molecule has 23 heavy (non-hydrogen) atoms. The number of hydrogen-bond acceptors (Lipinski definition) is 6. The molecule has 122 valence electrons. The smallest absolute Gasteiger partial charge is 0.180 e. The second kappa shape index (κ2) is 5.82. The van der Waals surface area contributed by atoms with Crippen LogP contribution in [0, 0.1) is 0 Å². The van der Waals surface area contributed by atoms with Gasteiger partial charge in [0.15, 0.2) is 11.5 Å². The molecule has 2 N–H and O–H groups in total. The van der Waals surface area contributed by atoms with E-state index in [0.717, 1.165) is 49.6 Å². The number of nitrogens with one attached hydrogen (secondary N) is 2. The van der Waals surface area contributed by atoms with E-state index in [4.69, 9.17) is 0 Å². The Bertz CT molecular complexity index is 729. The number of fused-ring (bicyclic) bond motifs is 1. The fourth-order valence-electron chi connectivity index (χ4n) is 3.29. The van der Waals surface area contributed by atoms with Gasteiger partial charge in [0.25, 0.3) is 0 Å². The van der Waals surface area contributed by atoms with Crippen molar-refractivity contribution in [3.05, 3.63) is 30.5 Å². The highest BCUT2D eigenvalue weighted by Crippen LogP contribution is 2.25. The van der Waals surface area contributed by atoms with Gasteiger partial charge in [0, 0.05) is 50.8 Å². The van der Waals surface area contributed by atoms with Crippen LogP contribution in [0.25, 0.3) is 11.2 Å². The molecule has 4 heterocycles. The topological polar surface area (TPSA) is 60.7 Å². The number of piperidine rings is 1. The zero-order chi connectivity index (χ0) is 15.8. The van der Waals surface area contributed by atoms with Crippen molar-refractivity contribution < 1.29 is 0 Å². The molecule has 0 bridgehead atoms. The standard InChI is InChI=1S/C16H23N7/c1-21-10-12(11-22(21)2)14-9-19-16-15(18-7-8-23(14)16)20-13-3-5-17-6-4-13/h7-10,13,17H,3-6,11H2,1-2H3,(H,18,20). The van der Waals surface area contributed by atoms with Gasteiger partial charge in [-0.3, -0.25) is 4.40 Å². The highest BCUT2D eigenvalue weighted by Gasteiger charge is 2.21. The minimum absolute atomic E-state index is 0.470. The summed E-state index contributed by atoms with van der Waals surface area (Å²) in [6.07, 6.45) is 10.2. The van der Waals surface area contributed by atoms with Crippen molar-refractivity contribution in [1.29, 1.82) is 0 Å². The number of hydrazine groups is 1. The molecular weight excluding hydrogens is 290 g/mol. The van der Waals surface area contributed by atoms with Crippen molar-refractivity contribution in [1.82, 2.24) is 29.7 Å². The van der Waals surface area contributed by atoms with Gasteiger partial charge in [-0.15, -0.1) is 0 Å². The lowest BCUT2D eigenvalue weighted by molar-refractivity contribution is 0.118. The van der Waals surface area contributed by atoms with E-state index in [1.54, 1.807) is 0 Å². The highest BCUT2D eigenvalue weighted by atomic mass is 15.6. The van der Waals surface area contributed by atoms with Crippen molar-refractivity contribution in [2.75, 3.05) is 39.0 Å². The summed E-state index contributed by atoms with van der Waals surface area (Å²) in [6.45, 7) is 3.02. The van der Waals surface area contributed by atoms with Crippen LogP contribution < -0.4 is 10.6 Å². The van der Waals surface area contributed by atoms with E-state index in [-0.39, 0.29) is 0 Å². The monoisotopic (exact) mass is 313 g/mol. The van der Waals surface area contributed by atoms with Gasteiger partial charge in [0.1, 0.15) is 0 Å². The third kappa shape index (κ3) is 2.66. The maximum atomic E-state index is 4.62. The number of anilines is 1. The average molecular weight is 313 g/mol. The van der Waals surface area contributed by atoms with Crippen LogP contribution in [-0.4, -0.2) is 64.2 Å². The molecule has 0 spiro atoms. The molecule has 7 heteroatoms. The Labute approximate surface area is 136 Å². The molecule has 0 amide bonds. The lowest BCUT2D eigenvalue weighted by atomic mass is 10.1. The first-order valence-corrected chi connectivity index (χ1v) is 8.16. The van der Waals surface area contributed by atoms with E-state index in [0.29, 0.717) is 6.04 Å². The number of nitrogens with zero attached hydrogens (tertiary/aromatic N) is 5. The molecule has 2 aliphatic heterocycles. The van der Waals surface area contributed by atoms with E-state index in [9.17, 15) is 0 Å². The first-order valence-electron chi connectivity index (χ1n) is 8.16. The van der Waals surface area contributed by atoms with E-state index in [1.807, 2.05) is 18.6 Å². The Balaban J connectivity index is 1.65. The predicted molar refractivity (Wildman–Crippen MR) is 90.9 cm³/mol. The van der Waals surface area contributed by atoms with Crippen molar-refractivity contribution >= 4 is 17.0 Å². The van der Waals surface area contributed by atoms with Crippen molar-refractivity contribution in [3.8, 4) is 0 Å². The second-order valence-corrected chi connectivity index (χ2v) is 6.33. The Morgan fingerprint density at radius 3 is 2.78 bits per heavy atom. The number of hydrogen-bond donors (Lipinski definition) is 2. The van der Waals surface area contributed by atoms with E-state index < -0.39 is 0 Å². The summed E-state index contributed by atoms with van der Waals surface area (Å²) >= 11 is 0. The van der Waals surface area contributed by atoms with Gasteiger partial charge in [-0.2, -0.15) is 0 Å². The summed E-state index contributed by atoms with van der Waals surface area (Å²) < 4.78 is 2.13. The Morgan fingerprint density at radius 1 is 1.22 bits per heavy atom. The Hall–Kier alpha value is -2.12. The lowest BCUT2D eigenvalue weighted by Gasteiger charge is -2.24. The van der Waals surface area contributed by atoms with Crippen LogP contribution >= 0.6 is 0 Å². The summed E-state index contributed by atoms with van der Waals surface area (Å²) in [6, 6.07) is 0.470. The first kappa shape index (κ1) is 14.5. The summed E-state index contributed by atoms with van der Waals surface area (Å²) in [5.41, 5.74) is 3.30. The molecule has 1 saturated heterocycles. The quantitative estimate of drug-likeness (QED) is 0.882. The Kier molecular flexibility index (Phi) is 3.66. The molecule has 4 rings (SSSR count). The molecule has 0 aliphatic carbocycles. The van der Waals surface area contributed by atoms with E-state index >= 15 is 0 Å².